The van der Waals surface area contributed by atoms with E-state index in [0.717, 1.165) is 23.8 Å². The number of aryl methyl sites for hydroxylation is 1. The summed E-state index contributed by atoms with van der Waals surface area (Å²) in [4.78, 5) is 17.1. The molecule has 0 radical (unpaired) electrons. The zero-order valence-corrected chi connectivity index (χ0v) is 20.2. The number of nitrogens with one attached hydrogen (secondary N) is 3. The lowest BCUT2D eigenvalue weighted by molar-refractivity contribution is 0.0948. The van der Waals surface area contributed by atoms with Crippen molar-refractivity contribution >= 4 is 35.8 Å². The monoisotopic (exact) mass is 532 g/mol. The Labute approximate surface area is 200 Å². The van der Waals surface area contributed by atoms with Crippen LogP contribution in [0.25, 0.3) is 0 Å². The molecule has 7 heteroatoms. The number of hydrogen-bond donors (Lipinski definition) is 3. The van der Waals surface area contributed by atoms with E-state index < -0.39 is 0 Å². The fourth-order valence-electron chi connectivity index (χ4n) is 3.01. The van der Waals surface area contributed by atoms with E-state index in [1.165, 1.54) is 11.1 Å². The number of carbonyl (C=O) groups is 1. The number of carbonyl (C=O) groups excluding carboxylic acids is 1. The maximum Gasteiger partial charge on any atom is 0.251 e. The first kappa shape index (κ1) is 24.5. The highest BCUT2D eigenvalue weighted by molar-refractivity contribution is 14.0. The third-order valence-electron chi connectivity index (χ3n) is 4.50. The number of rotatable bonds is 8. The van der Waals surface area contributed by atoms with Crippen LogP contribution in [0, 0.1) is 6.92 Å². The van der Waals surface area contributed by atoms with Crippen LogP contribution >= 0.6 is 24.0 Å². The van der Waals surface area contributed by atoms with Gasteiger partial charge in [0.1, 0.15) is 5.76 Å². The van der Waals surface area contributed by atoms with Crippen molar-refractivity contribution in [3.63, 3.8) is 0 Å². The Morgan fingerprint density at radius 2 is 1.74 bits per heavy atom. The third kappa shape index (κ3) is 8.09. The molecule has 1 heterocycles. The van der Waals surface area contributed by atoms with Crippen LogP contribution in [-0.4, -0.2) is 18.4 Å². The van der Waals surface area contributed by atoms with Gasteiger partial charge in [0.2, 0.25) is 0 Å². The van der Waals surface area contributed by atoms with E-state index in [9.17, 15) is 4.79 Å². The van der Waals surface area contributed by atoms with Gasteiger partial charge < -0.3 is 20.4 Å². The van der Waals surface area contributed by atoms with E-state index in [1.54, 1.807) is 18.4 Å². The zero-order valence-electron chi connectivity index (χ0n) is 17.9. The number of aliphatic imine (C=N–C) groups is 1. The van der Waals surface area contributed by atoms with Crippen LogP contribution in [0.4, 0.5) is 0 Å². The first-order valence-corrected chi connectivity index (χ1v) is 10.1. The minimum Gasteiger partial charge on any atom is -0.467 e. The topological polar surface area (TPSA) is 78.7 Å². The molecule has 0 atom stereocenters. The highest BCUT2D eigenvalue weighted by Gasteiger charge is 2.07. The van der Waals surface area contributed by atoms with E-state index in [-0.39, 0.29) is 29.9 Å². The van der Waals surface area contributed by atoms with Crippen molar-refractivity contribution in [3.8, 4) is 0 Å². The summed E-state index contributed by atoms with van der Waals surface area (Å²) in [6.45, 7) is 6.42. The fraction of sp³-hybridized carbons (Fsp3) is 0.250. The number of amides is 1. The molecule has 0 fully saturated rings. The van der Waals surface area contributed by atoms with Gasteiger partial charge in [0, 0.05) is 18.7 Å². The van der Waals surface area contributed by atoms with Crippen molar-refractivity contribution in [2.24, 2.45) is 4.99 Å². The van der Waals surface area contributed by atoms with Crippen LogP contribution in [0.5, 0.6) is 0 Å². The number of guanidine groups is 1. The van der Waals surface area contributed by atoms with Gasteiger partial charge in [-0.2, -0.15) is 0 Å². The Kier molecular flexibility index (Phi) is 10.1. The van der Waals surface area contributed by atoms with E-state index >= 15 is 0 Å². The van der Waals surface area contributed by atoms with Crippen molar-refractivity contribution in [3.05, 3.63) is 94.9 Å². The maximum atomic E-state index is 12.4. The normalized spacial score (nSPS) is 10.8. The van der Waals surface area contributed by atoms with Gasteiger partial charge in [-0.15, -0.1) is 24.0 Å². The van der Waals surface area contributed by atoms with Crippen LogP contribution in [-0.2, 0) is 19.6 Å². The lowest BCUT2D eigenvalue weighted by atomic mass is 10.1. The molecule has 0 saturated carbocycles. The molecule has 0 aliphatic carbocycles. The van der Waals surface area contributed by atoms with Crippen molar-refractivity contribution in [2.75, 3.05) is 6.54 Å². The Bertz CT molecular complexity index is 987. The van der Waals surface area contributed by atoms with Gasteiger partial charge in [-0.05, 0) is 49.2 Å². The Hall–Kier alpha value is -2.81. The summed E-state index contributed by atoms with van der Waals surface area (Å²) in [7, 11) is 0. The smallest absolute Gasteiger partial charge is 0.251 e. The molecule has 3 aromatic rings. The van der Waals surface area contributed by atoms with Gasteiger partial charge >= 0.3 is 0 Å². The van der Waals surface area contributed by atoms with E-state index in [4.69, 9.17) is 4.42 Å². The van der Waals surface area contributed by atoms with Crippen LogP contribution in [0.1, 0.15) is 39.7 Å². The second kappa shape index (κ2) is 12.8. The summed E-state index contributed by atoms with van der Waals surface area (Å²) in [6, 6.07) is 19.5. The molecule has 1 amide bonds. The molecule has 0 saturated heterocycles. The van der Waals surface area contributed by atoms with E-state index in [0.29, 0.717) is 25.2 Å². The van der Waals surface area contributed by atoms with E-state index in [1.807, 2.05) is 37.3 Å². The van der Waals surface area contributed by atoms with Crippen molar-refractivity contribution in [1.82, 2.24) is 16.0 Å². The summed E-state index contributed by atoms with van der Waals surface area (Å²) in [6.07, 6.45) is 1.59. The van der Waals surface area contributed by atoms with Gasteiger partial charge in [0.15, 0.2) is 5.96 Å². The summed E-state index contributed by atoms with van der Waals surface area (Å²) in [5.41, 5.74) is 4.01. The lowest BCUT2D eigenvalue weighted by Gasteiger charge is -2.12. The van der Waals surface area contributed by atoms with Crippen molar-refractivity contribution in [2.45, 2.75) is 33.5 Å². The molecular formula is C24H29IN4O2. The average molecular weight is 532 g/mol. The first-order chi connectivity index (χ1) is 14.6. The van der Waals surface area contributed by atoms with Crippen molar-refractivity contribution in [1.29, 1.82) is 0 Å². The Morgan fingerprint density at radius 3 is 2.48 bits per heavy atom. The van der Waals surface area contributed by atoms with Gasteiger partial charge in [-0.1, -0.05) is 42.0 Å². The highest BCUT2D eigenvalue weighted by Crippen LogP contribution is 2.07. The molecule has 0 spiro atoms. The van der Waals surface area contributed by atoms with Crippen molar-refractivity contribution < 1.29 is 9.21 Å². The molecule has 0 aliphatic rings. The fourth-order valence-corrected chi connectivity index (χ4v) is 3.01. The summed E-state index contributed by atoms with van der Waals surface area (Å²) in [5.74, 6) is 1.33. The zero-order chi connectivity index (χ0) is 21.2. The van der Waals surface area contributed by atoms with Gasteiger partial charge in [-0.25, -0.2) is 4.99 Å². The molecule has 6 nitrogen and oxygen atoms in total. The molecule has 3 N–H and O–H groups in total. The third-order valence-corrected chi connectivity index (χ3v) is 4.50. The molecule has 0 aliphatic heterocycles. The van der Waals surface area contributed by atoms with Gasteiger partial charge in [-0.3, -0.25) is 4.79 Å². The largest absolute Gasteiger partial charge is 0.467 e. The molecule has 3 rings (SSSR count). The summed E-state index contributed by atoms with van der Waals surface area (Å²) >= 11 is 0. The number of furan rings is 1. The van der Waals surface area contributed by atoms with Crippen LogP contribution < -0.4 is 16.0 Å². The lowest BCUT2D eigenvalue weighted by Crippen LogP contribution is -2.36. The highest BCUT2D eigenvalue weighted by atomic mass is 127. The van der Waals surface area contributed by atoms with Gasteiger partial charge in [0.25, 0.3) is 5.91 Å². The van der Waals surface area contributed by atoms with Crippen LogP contribution in [0.3, 0.4) is 0 Å². The predicted octanol–water partition coefficient (Wildman–Crippen LogP) is 4.39. The molecule has 164 valence electrons. The Morgan fingerprint density at radius 1 is 0.935 bits per heavy atom. The number of halogens is 1. The molecule has 1 aromatic heterocycles. The average Bonchev–Trinajstić information content (AvgIpc) is 3.28. The number of benzene rings is 2. The predicted molar refractivity (Wildman–Crippen MR) is 135 cm³/mol. The maximum absolute atomic E-state index is 12.4. The first-order valence-electron chi connectivity index (χ1n) is 10.1. The quantitative estimate of drug-likeness (QED) is 0.229. The number of nitrogens with zero attached hydrogens (tertiary/aromatic N) is 1. The Balaban J connectivity index is 0.00000341. The molecule has 0 unspecified atom stereocenters. The van der Waals surface area contributed by atoms with E-state index in [2.05, 4.69) is 46.1 Å². The van der Waals surface area contributed by atoms with Gasteiger partial charge in [0.05, 0.1) is 19.4 Å². The standard InChI is InChI=1S/C24H28N4O2.HI/c1-3-25-24(27-15-19-8-4-7-18(2)13-19)28-16-20-9-5-10-21(14-20)23(29)26-17-22-11-6-12-30-22;/h4-14H,3,15-17H2,1-2H3,(H,26,29)(H2,25,27,28);1H. The summed E-state index contributed by atoms with van der Waals surface area (Å²) in [5, 5.41) is 9.46. The molecule has 0 bridgehead atoms. The molecule has 31 heavy (non-hydrogen) atoms. The second-order valence-corrected chi connectivity index (χ2v) is 7.00. The molecule has 2 aromatic carbocycles. The minimum absolute atomic E-state index is 0. The van der Waals surface area contributed by atoms with Crippen LogP contribution in [0.15, 0.2) is 76.3 Å². The minimum atomic E-state index is -0.131. The number of hydrogen-bond acceptors (Lipinski definition) is 3. The summed E-state index contributed by atoms with van der Waals surface area (Å²) < 4.78 is 5.25. The SMILES string of the molecule is CCNC(=NCc1cccc(C)c1)NCc1cccc(C(=O)NCc2ccco2)c1.I. The molecular weight excluding hydrogens is 503 g/mol. The van der Waals surface area contributed by atoms with Crippen LogP contribution in [0.2, 0.25) is 0 Å². The second-order valence-electron chi connectivity index (χ2n) is 7.00.